The van der Waals surface area contributed by atoms with Crippen LogP contribution in [0.15, 0.2) is 54.2 Å². The molecule has 0 bridgehead atoms. The van der Waals surface area contributed by atoms with Gasteiger partial charge in [-0.25, -0.2) is 4.39 Å². The number of nitrogens with zero attached hydrogens (tertiary/aromatic N) is 2. The van der Waals surface area contributed by atoms with Crippen molar-refractivity contribution >= 4 is 28.8 Å². The fourth-order valence-corrected chi connectivity index (χ4v) is 3.33. The summed E-state index contributed by atoms with van der Waals surface area (Å²) in [5.41, 5.74) is -0.139. The lowest BCUT2D eigenvalue weighted by molar-refractivity contribution is 0.0945. The lowest BCUT2D eigenvalue weighted by Crippen LogP contribution is -2.32. The standard InChI is InChI=1S/C16H13ClFN3OS/c17-11-4-1-5-12(18)15(11)16(22)19-10-13(14-6-2-9-23-14)21-8-3-7-20-21/h1-9,13H,10H2,(H,19,22)/t13-/m0/s1. The molecule has 23 heavy (non-hydrogen) atoms. The number of carbonyl (C=O) groups excluding carboxylic acids is 1. The first kappa shape index (κ1) is 15.7. The predicted octanol–water partition coefficient (Wildman–Crippen LogP) is 3.76. The number of nitrogens with one attached hydrogen (secondary N) is 1. The van der Waals surface area contributed by atoms with Crippen LogP contribution in [0.4, 0.5) is 4.39 Å². The minimum atomic E-state index is -0.637. The molecule has 1 N–H and O–H groups in total. The lowest BCUT2D eigenvalue weighted by atomic mass is 10.2. The van der Waals surface area contributed by atoms with Gasteiger partial charge in [-0.2, -0.15) is 5.10 Å². The van der Waals surface area contributed by atoms with Gasteiger partial charge in [-0.3, -0.25) is 9.48 Å². The van der Waals surface area contributed by atoms with Gasteiger partial charge in [-0.15, -0.1) is 11.3 Å². The second-order valence-electron chi connectivity index (χ2n) is 4.82. The number of carbonyl (C=O) groups is 1. The molecule has 118 valence electrons. The highest BCUT2D eigenvalue weighted by molar-refractivity contribution is 7.10. The van der Waals surface area contributed by atoms with Crippen LogP contribution in [0.2, 0.25) is 5.02 Å². The number of amides is 1. The molecule has 1 amide bonds. The summed E-state index contributed by atoms with van der Waals surface area (Å²) in [6.07, 6.45) is 3.50. The lowest BCUT2D eigenvalue weighted by Gasteiger charge is -2.17. The summed E-state index contributed by atoms with van der Waals surface area (Å²) < 4.78 is 15.6. The zero-order valence-electron chi connectivity index (χ0n) is 11.9. The Morgan fingerprint density at radius 3 is 2.87 bits per heavy atom. The van der Waals surface area contributed by atoms with Gasteiger partial charge in [0, 0.05) is 23.8 Å². The third kappa shape index (κ3) is 3.43. The van der Waals surface area contributed by atoms with Gasteiger partial charge in [0.2, 0.25) is 0 Å². The van der Waals surface area contributed by atoms with Gasteiger partial charge >= 0.3 is 0 Å². The van der Waals surface area contributed by atoms with E-state index in [0.29, 0.717) is 0 Å². The Balaban J connectivity index is 1.78. The van der Waals surface area contributed by atoms with Gasteiger partial charge in [0.1, 0.15) is 11.9 Å². The summed E-state index contributed by atoms with van der Waals surface area (Å²) >= 11 is 7.49. The average Bonchev–Trinajstić information content (AvgIpc) is 3.21. The number of aromatic nitrogens is 2. The van der Waals surface area contributed by atoms with E-state index >= 15 is 0 Å². The fourth-order valence-electron chi connectivity index (χ4n) is 2.26. The number of hydrogen-bond donors (Lipinski definition) is 1. The number of rotatable bonds is 5. The molecule has 0 saturated heterocycles. The molecular formula is C16H13ClFN3OS. The summed E-state index contributed by atoms with van der Waals surface area (Å²) in [5, 5.41) is 9.02. The van der Waals surface area contributed by atoms with Crippen LogP contribution in [0, 0.1) is 5.82 Å². The van der Waals surface area contributed by atoms with Crippen LogP contribution < -0.4 is 5.32 Å². The zero-order valence-corrected chi connectivity index (χ0v) is 13.5. The summed E-state index contributed by atoms with van der Waals surface area (Å²) in [7, 11) is 0. The van der Waals surface area contributed by atoms with Crippen molar-refractivity contribution < 1.29 is 9.18 Å². The van der Waals surface area contributed by atoms with E-state index in [1.807, 2.05) is 29.8 Å². The molecular weight excluding hydrogens is 337 g/mol. The van der Waals surface area contributed by atoms with Gasteiger partial charge < -0.3 is 5.32 Å². The molecule has 4 nitrogen and oxygen atoms in total. The first-order chi connectivity index (χ1) is 11.2. The van der Waals surface area contributed by atoms with Gasteiger partial charge in [0.15, 0.2) is 0 Å². The Bertz CT molecular complexity index is 735. The van der Waals surface area contributed by atoms with Crippen molar-refractivity contribution in [1.29, 1.82) is 0 Å². The molecule has 3 aromatic rings. The summed E-state index contributed by atoms with van der Waals surface area (Å²) in [6.45, 7) is 0.283. The molecule has 0 aliphatic rings. The van der Waals surface area contributed by atoms with Crippen molar-refractivity contribution in [2.75, 3.05) is 6.54 Å². The molecule has 0 spiro atoms. The Labute approximate surface area is 141 Å². The smallest absolute Gasteiger partial charge is 0.255 e. The Morgan fingerprint density at radius 1 is 1.35 bits per heavy atom. The highest BCUT2D eigenvalue weighted by Gasteiger charge is 2.20. The van der Waals surface area contributed by atoms with Crippen LogP contribution in [-0.2, 0) is 0 Å². The molecule has 2 heterocycles. The molecule has 2 aromatic heterocycles. The third-order valence-electron chi connectivity index (χ3n) is 3.36. The van der Waals surface area contributed by atoms with Gasteiger partial charge in [0.05, 0.1) is 10.6 Å². The third-order valence-corrected chi connectivity index (χ3v) is 4.65. The van der Waals surface area contributed by atoms with E-state index in [1.54, 1.807) is 22.2 Å². The second-order valence-corrected chi connectivity index (χ2v) is 6.21. The highest BCUT2D eigenvalue weighted by atomic mass is 35.5. The number of halogens is 2. The van der Waals surface area contributed by atoms with E-state index in [2.05, 4.69) is 10.4 Å². The molecule has 0 aliphatic carbocycles. The van der Waals surface area contributed by atoms with E-state index in [4.69, 9.17) is 11.6 Å². The number of thiophene rings is 1. The van der Waals surface area contributed by atoms with E-state index < -0.39 is 11.7 Å². The largest absolute Gasteiger partial charge is 0.349 e. The SMILES string of the molecule is O=C(NC[C@@H](c1cccs1)n1cccn1)c1c(F)cccc1Cl. The van der Waals surface area contributed by atoms with Crippen molar-refractivity contribution in [2.24, 2.45) is 0 Å². The van der Waals surface area contributed by atoms with Crippen LogP contribution >= 0.6 is 22.9 Å². The van der Waals surface area contributed by atoms with Crippen molar-refractivity contribution in [3.63, 3.8) is 0 Å². The quantitative estimate of drug-likeness (QED) is 0.762. The maximum Gasteiger partial charge on any atom is 0.255 e. The van der Waals surface area contributed by atoms with Crippen molar-refractivity contribution in [3.8, 4) is 0 Å². The first-order valence-corrected chi connectivity index (χ1v) is 8.17. The normalized spacial score (nSPS) is 12.1. The molecule has 0 unspecified atom stereocenters. The summed E-state index contributed by atoms with van der Waals surface area (Å²) in [4.78, 5) is 13.3. The second kappa shape index (κ2) is 6.93. The fraction of sp³-hybridized carbons (Fsp3) is 0.125. The molecule has 1 atom stereocenters. The minimum absolute atomic E-state index is 0.0919. The van der Waals surface area contributed by atoms with E-state index in [9.17, 15) is 9.18 Å². The van der Waals surface area contributed by atoms with Crippen molar-refractivity contribution in [2.45, 2.75) is 6.04 Å². The molecule has 0 fully saturated rings. The molecule has 7 heteroatoms. The van der Waals surface area contributed by atoms with Crippen LogP contribution in [0.3, 0.4) is 0 Å². The van der Waals surface area contributed by atoms with Crippen LogP contribution in [0.5, 0.6) is 0 Å². The molecule has 0 saturated carbocycles. The summed E-state index contributed by atoms with van der Waals surface area (Å²) in [5.74, 6) is -1.18. The van der Waals surface area contributed by atoms with Gasteiger partial charge in [-0.1, -0.05) is 23.7 Å². The maximum absolute atomic E-state index is 13.8. The van der Waals surface area contributed by atoms with Crippen LogP contribution in [-0.4, -0.2) is 22.2 Å². The first-order valence-electron chi connectivity index (χ1n) is 6.91. The van der Waals surface area contributed by atoms with E-state index in [0.717, 1.165) is 4.88 Å². The topological polar surface area (TPSA) is 46.9 Å². The Kier molecular flexibility index (Phi) is 4.73. The van der Waals surface area contributed by atoms with E-state index in [1.165, 1.54) is 18.2 Å². The molecule has 0 aliphatic heterocycles. The van der Waals surface area contributed by atoms with E-state index in [-0.39, 0.29) is 23.2 Å². The average molecular weight is 350 g/mol. The number of benzene rings is 1. The summed E-state index contributed by atoms with van der Waals surface area (Å²) in [6, 6.07) is 9.74. The monoisotopic (exact) mass is 349 g/mol. The minimum Gasteiger partial charge on any atom is -0.349 e. The Morgan fingerprint density at radius 2 is 2.22 bits per heavy atom. The van der Waals surface area contributed by atoms with Crippen LogP contribution in [0.25, 0.3) is 0 Å². The highest BCUT2D eigenvalue weighted by Crippen LogP contribution is 2.23. The van der Waals surface area contributed by atoms with Crippen molar-refractivity contribution in [3.05, 3.63) is 75.5 Å². The van der Waals surface area contributed by atoms with Crippen LogP contribution in [0.1, 0.15) is 21.3 Å². The zero-order chi connectivity index (χ0) is 16.2. The maximum atomic E-state index is 13.8. The predicted molar refractivity (Wildman–Crippen MR) is 88.4 cm³/mol. The number of hydrogen-bond acceptors (Lipinski definition) is 3. The Hall–Kier alpha value is -2.18. The molecule has 3 rings (SSSR count). The van der Waals surface area contributed by atoms with Gasteiger partial charge in [0.25, 0.3) is 5.91 Å². The molecule has 0 radical (unpaired) electrons. The van der Waals surface area contributed by atoms with Gasteiger partial charge in [-0.05, 0) is 29.6 Å². The van der Waals surface area contributed by atoms with Crippen molar-refractivity contribution in [1.82, 2.24) is 15.1 Å². The molecule has 1 aromatic carbocycles.